The third-order valence-electron chi connectivity index (χ3n) is 0. The average Bonchev–Trinajstić information content (AvgIpc) is 0. The topological polar surface area (TPSA) is 344 Å². The number of hydrogen-bond acceptors (Lipinski definition) is 1. The molecule has 0 heterocycles. The fraction of sp³-hybridized carbons (Fsp3) is 0. The fourth-order valence-corrected chi connectivity index (χ4v) is 0. The van der Waals surface area contributed by atoms with Crippen LogP contribution in [0.1, 0.15) is 0 Å². The summed E-state index contributed by atoms with van der Waals surface area (Å²) in [5, 5.41) is 0. The maximum absolute atomic E-state index is 0. The first-order chi connectivity index (χ1) is 0. The van der Waals surface area contributed by atoms with E-state index in [-0.39, 0.29) is 163 Å². The zero-order valence-electron chi connectivity index (χ0n) is 6.87. The molecular weight excluding hydrogens is 591 g/mol. The van der Waals surface area contributed by atoms with Crippen LogP contribution in [-0.4, -0.2) is 5.48 Å². The van der Waals surface area contributed by atoms with Crippen LogP contribution in [0, 0.1) is 0 Å². The Kier molecular flexibility index (Phi) is 48900. The zero-order valence-corrected chi connectivity index (χ0v) is 15.1. The van der Waals surface area contributed by atoms with Crippen molar-refractivity contribution in [1.82, 2.24) is 0 Å². The van der Waals surface area contributed by atoms with Gasteiger partial charge in [-0.3, -0.25) is 0 Å². The molecule has 12 nitrogen and oxygen atoms in total. The van der Waals surface area contributed by atoms with E-state index in [2.05, 4.69) is 0 Å². The van der Waals surface area contributed by atoms with Gasteiger partial charge in [-0.2, -0.15) is 0 Å². The standard InChI is InChI=1S/2Fe.3Mo.H2O.11O/h;;;;;1H2;;;;;;;;;;;/q2*+3;;;;;11*-2/p-1. The normalized spacial score (nSPS) is 0. The maximum Gasteiger partial charge on any atom is 3.00 e. The van der Waals surface area contributed by atoms with Gasteiger partial charge in [-0.1, -0.05) is 0 Å². The first kappa shape index (κ1) is 989. The van der Waals surface area contributed by atoms with Gasteiger partial charge in [0.25, 0.3) is 0 Å². The maximum atomic E-state index is 0. The molecule has 124 valence electrons. The molecule has 17 heteroatoms. The van der Waals surface area contributed by atoms with E-state index < -0.39 is 0 Å². The van der Waals surface area contributed by atoms with E-state index in [0.29, 0.717) is 0 Å². The Bertz CT molecular complexity index is 19.7. The first-order valence-corrected chi connectivity index (χ1v) is 0. The van der Waals surface area contributed by atoms with Crippen LogP contribution in [0.5, 0.6) is 0 Å². The summed E-state index contributed by atoms with van der Waals surface area (Å²) in [4.78, 5) is 0. The molecule has 0 aliphatic rings. The SMILES string of the molecule is [Fe+3].[Fe+3].[Mo].[Mo].[Mo].[O-2].[O-2].[O-2].[O-2].[O-2].[O-2].[O-2].[O-2].[O-2].[O-2].[O-2].[OH-]. The Morgan fingerprint density at radius 2 is 0.235 bits per heavy atom. The van der Waals surface area contributed by atoms with E-state index in [1.165, 1.54) is 0 Å². The molecule has 0 aromatic heterocycles. The van der Waals surface area contributed by atoms with Gasteiger partial charge in [0.05, 0.1) is 0 Å². The van der Waals surface area contributed by atoms with Crippen LogP contribution in [0.25, 0.3) is 0 Å². The summed E-state index contributed by atoms with van der Waals surface area (Å²) in [5.74, 6) is 0. The van der Waals surface area contributed by atoms with Gasteiger partial charge in [0.15, 0.2) is 0 Å². The average molecular weight is 593 g/mol. The molecule has 0 aromatic carbocycles. The molecule has 0 unspecified atom stereocenters. The van der Waals surface area contributed by atoms with Crippen molar-refractivity contribution in [1.29, 1.82) is 0 Å². The van der Waals surface area contributed by atoms with Crippen molar-refractivity contribution in [2.75, 3.05) is 0 Å². The van der Waals surface area contributed by atoms with Gasteiger partial charge in [0, 0.05) is 63.2 Å². The Balaban J connectivity index is 0. The van der Waals surface area contributed by atoms with E-state index in [9.17, 15) is 0 Å². The fourth-order valence-electron chi connectivity index (χ4n) is 0. The van der Waals surface area contributed by atoms with Crippen LogP contribution < -0.4 is 0 Å². The zero-order chi connectivity index (χ0) is 0. The minimum absolute atomic E-state index is 0. The molecule has 0 amide bonds. The van der Waals surface area contributed by atoms with Crippen LogP contribution in [0.3, 0.4) is 0 Å². The van der Waals surface area contributed by atoms with Gasteiger partial charge >= 0.3 is 34.1 Å². The molecule has 0 spiro atoms. The summed E-state index contributed by atoms with van der Waals surface area (Å²) in [6.45, 7) is 0. The summed E-state index contributed by atoms with van der Waals surface area (Å²) in [6, 6.07) is 0. The molecular formula is HFe2Mo3O12-17. The smallest absolute Gasteiger partial charge is 2.00 e. The van der Waals surface area contributed by atoms with Gasteiger partial charge in [-0.15, -0.1) is 0 Å². The Morgan fingerprint density at radius 3 is 0.235 bits per heavy atom. The quantitative estimate of drug-likeness (QED) is 0.298. The molecule has 17 heavy (non-hydrogen) atoms. The van der Waals surface area contributed by atoms with Crippen molar-refractivity contribution in [3.05, 3.63) is 0 Å². The van der Waals surface area contributed by atoms with E-state index in [4.69, 9.17) is 0 Å². The number of rotatable bonds is 0. The molecule has 0 aliphatic heterocycles. The van der Waals surface area contributed by atoms with E-state index in [1.807, 2.05) is 0 Å². The summed E-state index contributed by atoms with van der Waals surface area (Å²) < 4.78 is 0. The monoisotopic (exact) mass is 599 g/mol. The van der Waals surface area contributed by atoms with Crippen molar-refractivity contribution >= 4 is 0 Å². The molecule has 0 saturated heterocycles. The second-order valence-corrected chi connectivity index (χ2v) is 0. The first-order valence-electron chi connectivity index (χ1n) is 0. The second-order valence-electron chi connectivity index (χ2n) is 0. The van der Waals surface area contributed by atoms with Crippen LogP contribution in [0.4, 0.5) is 0 Å². The van der Waals surface area contributed by atoms with E-state index in [1.54, 1.807) is 0 Å². The summed E-state index contributed by atoms with van der Waals surface area (Å²) in [6.07, 6.45) is 0. The van der Waals surface area contributed by atoms with Crippen LogP contribution in [0.2, 0.25) is 0 Å². The molecule has 1 N–H and O–H groups in total. The minimum atomic E-state index is 0. The molecule has 0 aliphatic carbocycles. The van der Waals surface area contributed by atoms with E-state index in [0.717, 1.165) is 0 Å². The minimum Gasteiger partial charge on any atom is -2.00 e. The summed E-state index contributed by atoms with van der Waals surface area (Å²) in [5.41, 5.74) is 0. The van der Waals surface area contributed by atoms with Crippen molar-refractivity contribution in [3.63, 3.8) is 0 Å². The Labute approximate surface area is 161 Å². The third-order valence-corrected chi connectivity index (χ3v) is 0. The molecule has 0 fully saturated rings. The van der Waals surface area contributed by atoms with Crippen LogP contribution in [0.15, 0.2) is 0 Å². The third kappa shape index (κ3) is 748. The number of hydrogen-bond donors (Lipinski definition) is 0. The van der Waals surface area contributed by atoms with Crippen molar-refractivity contribution < 1.29 is 163 Å². The summed E-state index contributed by atoms with van der Waals surface area (Å²) in [7, 11) is 0. The van der Waals surface area contributed by atoms with Crippen LogP contribution in [-0.2, 0) is 158 Å². The van der Waals surface area contributed by atoms with Gasteiger partial charge in [-0.05, 0) is 0 Å². The molecule has 0 rings (SSSR count). The van der Waals surface area contributed by atoms with E-state index >= 15 is 0 Å². The summed E-state index contributed by atoms with van der Waals surface area (Å²) >= 11 is 0. The molecule has 0 aromatic rings. The molecule has 0 saturated carbocycles. The van der Waals surface area contributed by atoms with Crippen molar-refractivity contribution in [2.24, 2.45) is 0 Å². The van der Waals surface area contributed by atoms with Gasteiger partial charge in [0.1, 0.15) is 0 Å². The molecule has 0 atom stereocenters. The van der Waals surface area contributed by atoms with Gasteiger partial charge < -0.3 is 65.7 Å². The molecule has 2 radical (unpaired) electrons. The molecule has 0 bridgehead atoms. The van der Waals surface area contributed by atoms with Crippen molar-refractivity contribution in [3.8, 4) is 0 Å². The second kappa shape index (κ2) is 840. The predicted octanol–water partition coefficient (Wildman–Crippen LogP) is -1.50. The Morgan fingerprint density at radius 1 is 0.235 bits per heavy atom. The van der Waals surface area contributed by atoms with Crippen molar-refractivity contribution in [2.45, 2.75) is 0 Å². The van der Waals surface area contributed by atoms with Crippen LogP contribution >= 0.6 is 0 Å². The Hall–Kier alpha value is 2.62. The predicted molar refractivity (Wildman–Crippen MR) is 9.49 cm³/mol. The van der Waals surface area contributed by atoms with Gasteiger partial charge in [-0.25, -0.2) is 0 Å². The van der Waals surface area contributed by atoms with Gasteiger partial charge in [0.2, 0.25) is 0 Å². The largest absolute Gasteiger partial charge is 3.00 e.